The molecule has 0 aromatic heterocycles. The van der Waals surface area contributed by atoms with E-state index in [4.69, 9.17) is 0 Å². The molecule has 4 nitrogen and oxygen atoms in total. The Morgan fingerprint density at radius 1 is 0.810 bits per heavy atom. The van der Waals surface area contributed by atoms with E-state index in [1.54, 1.807) is 62.4 Å². The molecule has 0 radical (unpaired) electrons. The summed E-state index contributed by atoms with van der Waals surface area (Å²) in [6.07, 6.45) is 0. The lowest BCUT2D eigenvalue weighted by Crippen LogP contribution is -2.09. The largest absolute Gasteiger partial charge is 0.378 e. The molecule has 2 rings (SSSR count). The van der Waals surface area contributed by atoms with E-state index in [0.717, 1.165) is 0 Å². The van der Waals surface area contributed by atoms with Gasteiger partial charge in [0, 0.05) is 0 Å². The number of hydrogen-bond acceptors (Lipinski definition) is 3. The van der Waals surface area contributed by atoms with Crippen molar-refractivity contribution in [3.05, 3.63) is 70.8 Å². The van der Waals surface area contributed by atoms with Gasteiger partial charge in [0.25, 0.3) is 7.37 Å². The zero-order valence-electron chi connectivity index (χ0n) is 12.0. The third-order valence-corrected chi connectivity index (χ3v) is 5.59. The molecule has 0 heterocycles. The van der Waals surface area contributed by atoms with Gasteiger partial charge in [0.2, 0.25) is 0 Å². The Hall–Kier alpha value is -1.45. The molecule has 0 aliphatic carbocycles. The molecule has 0 saturated carbocycles. The summed E-state index contributed by atoms with van der Waals surface area (Å²) >= 11 is 0. The van der Waals surface area contributed by atoms with Crippen molar-refractivity contribution >= 4 is 7.37 Å². The second-order valence-electron chi connectivity index (χ2n) is 5.13. The fourth-order valence-electron chi connectivity index (χ4n) is 2.29. The normalized spacial score (nSPS) is 17.0. The van der Waals surface area contributed by atoms with E-state index in [0.29, 0.717) is 22.3 Å². The molecule has 2 aromatic carbocycles. The average molecular weight is 306 g/mol. The first-order valence-corrected chi connectivity index (χ1v) is 8.45. The van der Waals surface area contributed by atoms with Crippen LogP contribution in [0, 0.1) is 13.8 Å². The van der Waals surface area contributed by atoms with E-state index < -0.39 is 19.1 Å². The zero-order valence-corrected chi connectivity index (χ0v) is 12.9. The number of aliphatic hydroxyl groups excluding tert-OH is 2. The Morgan fingerprint density at radius 3 is 1.48 bits per heavy atom. The van der Waals surface area contributed by atoms with Crippen molar-refractivity contribution in [1.29, 1.82) is 0 Å². The van der Waals surface area contributed by atoms with E-state index in [-0.39, 0.29) is 0 Å². The van der Waals surface area contributed by atoms with Crippen LogP contribution in [-0.2, 0) is 4.57 Å². The molecule has 0 amide bonds. The summed E-state index contributed by atoms with van der Waals surface area (Å²) in [5.41, 5.74) is 2.12. The van der Waals surface area contributed by atoms with Crippen LogP contribution in [0.25, 0.3) is 0 Å². The first-order valence-electron chi connectivity index (χ1n) is 6.65. The van der Waals surface area contributed by atoms with Crippen LogP contribution in [0.3, 0.4) is 0 Å². The lowest BCUT2D eigenvalue weighted by molar-refractivity contribution is 0.186. The van der Waals surface area contributed by atoms with E-state index in [2.05, 4.69) is 0 Å². The van der Waals surface area contributed by atoms with Gasteiger partial charge in [-0.25, -0.2) is 0 Å². The smallest absolute Gasteiger partial charge is 0.264 e. The Morgan fingerprint density at radius 2 is 1.14 bits per heavy atom. The molecule has 0 aliphatic rings. The highest BCUT2D eigenvalue weighted by molar-refractivity contribution is 7.58. The van der Waals surface area contributed by atoms with Crippen LogP contribution < -0.4 is 0 Å². The molecule has 0 fully saturated rings. The van der Waals surface area contributed by atoms with E-state index >= 15 is 0 Å². The van der Waals surface area contributed by atoms with Crippen molar-refractivity contribution in [1.82, 2.24) is 0 Å². The summed E-state index contributed by atoms with van der Waals surface area (Å²) in [5, 5.41) is 20.6. The number of aliphatic hydroxyl groups is 2. The van der Waals surface area contributed by atoms with Crippen molar-refractivity contribution in [3.63, 3.8) is 0 Å². The zero-order chi connectivity index (χ0) is 15.6. The minimum Gasteiger partial charge on any atom is -0.378 e. The van der Waals surface area contributed by atoms with Crippen LogP contribution in [0.4, 0.5) is 0 Å². The SMILES string of the molecule is Cc1ccccc1C(O)P(=O)(O)C(O)c1ccccc1C. The lowest BCUT2D eigenvalue weighted by Gasteiger charge is -2.25. The molecule has 0 bridgehead atoms. The van der Waals surface area contributed by atoms with Gasteiger partial charge >= 0.3 is 0 Å². The van der Waals surface area contributed by atoms with Crippen molar-refractivity contribution in [2.45, 2.75) is 25.5 Å². The van der Waals surface area contributed by atoms with Crippen LogP contribution in [-0.4, -0.2) is 15.1 Å². The first kappa shape index (κ1) is 15.9. The fourth-order valence-corrected chi connectivity index (χ4v) is 3.93. The van der Waals surface area contributed by atoms with Crippen molar-refractivity contribution in [2.24, 2.45) is 0 Å². The second kappa shape index (κ2) is 6.12. The molecule has 21 heavy (non-hydrogen) atoms. The van der Waals surface area contributed by atoms with E-state index in [1.165, 1.54) is 0 Å². The maximum atomic E-state index is 12.6. The predicted molar refractivity (Wildman–Crippen MR) is 82.1 cm³/mol. The summed E-state index contributed by atoms with van der Waals surface area (Å²) < 4.78 is 12.6. The predicted octanol–water partition coefficient (Wildman–Crippen LogP) is 3.26. The lowest BCUT2D eigenvalue weighted by atomic mass is 10.1. The minimum atomic E-state index is -4.26. The van der Waals surface area contributed by atoms with Gasteiger partial charge in [0.15, 0.2) is 11.7 Å². The van der Waals surface area contributed by atoms with Crippen molar-refractivity contribution < 1.29 is 19.7 Å². The molecular formula is C16H19O4P. The van der Waals surface area contributed by atoms with Gasteiger partial charge < -0.3 is 15.1 Å². The van der Waals surface area contributed by atoms with Gasteiger partial charge in [-0.1, -0.05) is 48.5 Å². The number of hydrogen-bond donors (Lipinski definition) is 3. The summed E-state index contributed by atoms with van der Waals surface area (Å²) in [6.45, 7) is 3.50. The maximum absolute atomic E-state index is 12.6. The van der Waals surface area contributed by atoms with Gasteiger partial charge in [-0.15, -0.1) is 0 Å². The molecule has 0 aliphatic heterocycles. The molecule has 2 unspecified atom stereocenters. The third kappa shape index (κ3) is 3.09. The van der Waals surface area contributed by atoms with E-state index in [1.807, 2.05) is 0 Å². The Bertz CT molecular complexity index is 628. The Kier molecular flexibility index (Phi) is 4.64. The van der Waals surface area contributed by atoms with Gasteiger partial charge in [-0.2, -0.15) is 0 Å². The molecule has 2 atom stereocenters. The molecular weight excluding hydrogens is 287 g/mol. The fraction of sp³-hybridized carbons (Fsp3) is 0.250. The Labute approximate surface area is 124 Å². The topological polar surface area (TPSA) is 77.8 Å². The van der Waals surface area contributed by atoms with Crippen LogP contribution in [0.1, 0.15) is 33.9 Å². The first-order chi connectivity index (χ1) is 9.85. The molecule has 112 valence electrons. The number of rotatable bonds is 4. The average Bonchev–Trinajstić information content (AvgIpc) is 2.47. The summed E-state index contributed by atoms with van der Waals surface area (Å²) in [4.78, 5) is 10.3. The minimum absolute atomic E-state index is 0.357. The molecule has 0 saturated heterocycles. The second-order valence-corrected chi connectivity index (χ2v) is 7.46. The van der Waals surface area contributed by atoms with Gasteiger partial charge in [-0.3, -0.25) is 4.57 Å². The molecule has 5 heteroatoms. The molecule has 2 aromatic rings. The van der Waals surface area contributed by atoms with Gasteiger partial charge in [0.05, 0.1) is 0 Å². The molecule has 0 spiro atoms. The van der Waals surface area contributed by atoms with Crippen LogP contribution >= 0.6 is 7.37 Å². The van der Waals surface area contributed by atoms with Crippen LogP contribution in [0.15, 0.2) is 48.5 Å². The van der Waals surface area contributed by atoms with Crippen LogP contribution in [0.2, 0.25) is 0 Å². The third-order valence-electron chi connectivity index (χ3n) is 3.63. The van der Waals surface area contributed by atoms with Crippen molar-refractivity contribution in [3.8, 4) is 0 Å². The number of benzene rings is 2. The quantitative estimate of drug-likeness (QED) is 0.758. The summed E-state index contributed by atoms with van der Waals surface area (Å²) in [6, 6.07) is 13.6. The van der Waals surface area contributed by atoms with Gasteiger partial charge in [0.1, 0.15) is 0 Å². The monoisotopic (exact) mass is 306 g/mol. The van der Waals surface area contributed by atoms with Crippen LogP contribution in [0.5, 0.6) is 0 Å². The van der Waals surface area contributed by atoms with Crippen molar-refractivity contribution in [2.75, 3.05) is 0 Å². The molecule has 3 N–H and O–H groups in total. The number of aryl methyl sites for hydroxylation is 2. The highest BCUT2D eigenvalue weighted by atomic mass is 31.2. The Balaban J connectivity index is 2.40. The standard InChI is InChI=1S/C16H19O4P/c1-11-7-3-5-9-13(11)15(17)21(19,20)16(18)14-10-6-4-8-12(14)2/h3-10,15-18H,1-2H3,(H,19,20). The summed E-state index contributed by atoms with van der Waals surface area (Å²) in [7, 11) is -4.26. The highest BCUT2D eigenvalue weighted by Gasteiger charge is 2.40. The van der Waals surface area contributed by atoms with E-state index in [9.17, 15) is 19.7 Å². The summed E-state index contributed by atoms with van der Waals surface area (Å²) in [5.74, 6) is -3.23. The highest BCUT2D eigenvalue weighted by Crippen LogP contribution is 2.64. The van der Waals surface area contributed by atoms with Gasteiger partial charge in [-0.05, 0) is 36.1 Å². The maximum Gasteiger partial charge on any atom is 0.264 e.